The highest BCUT2D eigenvalue weighted by atomic mass is 16.6. The first-order valence-electron chi connectivity index (χ1n) is 5.74. The van der Waals surface area contributed by atoms with Crippen LogP contribution in [0.1, 0.15) is 20.3 Å². The van der Waals surface area contributed by atoms with Crippen molar-refractivity contribution in [3.8, 4) is 0 Å². The monoisotopic (exact) mass is 241 g/mol. The molecule has 0 unspecified atom stereocenters. The normalized spacial score (nSPS) is 28.6. The Hall–Kier alpha value is -1.52. The standard InChI is InChI=1S/C12H19NO4/c1-4-5-17-12(16)13-7-8(2)10(11(14)15)6-9(13)3/h4,8-10H,1,5-7H2,2-3H3,(H,14,15)/t8-,9-,10+/m1/s1. The fourth-order valence-corrected chi connectivity index (χ4v) is 2.16. The third kappa shape index (κ3) is 3.22. The first-order chi connectivity index (χ1) is 7.97. The number of hydrogen-bond donors (Lipinski definition) is 1. The van der Waals surface area contributed by atoms with Gasteiger partial charge in [-0.1, -0.05) is 19.6 Å². The molecule has 0 radical (unpaired) electrons. The molecule has 1 saturated heterocycles. The summed E-state index contributed by atoms with van der Waals surface area (Å²) in [5, 5.41) is 9.04. The van der Waals surface area contributed by atoms with Crippen molar-refractivity contribution >= 4 is 12.1 Å². The lowest BCUT2D eigenvalue weighted by Crippen LogP contribution is -2.50. The van der Waals surface area contributed by atoms with Crippen molar-refractivity contribution in [2.75, 3.05) is 13.2 Å². The second-order valence-corrected chi connectivity index (χ2v) is 4.52. The van der Waals surface area contributed by atoms with Crippen LogP contribution >= 0.6 is 0 Å². The van der Waals surface area contributed by atoms with Gasteiger partial charge in [0.1, 0.15) is 6.61 Å². The Bertz CT molecular complexity index is 316. The average molecular weight is 241 g/mol. The highest BCUT2D eigenvalue weighted by molar-refractivity contribution is 5.72. The van der Waals surface area contributed by atoms with Gasteiger partial charge < -0.3 is 14.7 Å². The van der Waals surface area contributed by atoms with E-state index in [1.165, 1.54) is 6.08 Å². The molecule has 0 spiro atoms. The number of nitrogens with zero attached hydrogens (tertiary/aromatic N) is 1. The highest BCUT2D eigenvalue weighted by Crippen LogP contribution is 2.28. The zero-order chi connectivity index (χ0) is 13.0. The van der Waals surface area contributed by atoms with Crippen LogP contribution in [0.5, 0.6) is 0 Å². The number of likely N-dealkylation sites (tertiary alicyclic amines) is 1. The number of rotatable bonds is 3. The van der Waals surface area contributed by atoms with Gasteiger partial charge in [0.15, 0.2) is 0 Å². The maximum Gasteiger partial charge on any atom is 0.410 e. The van der Waals surface area contributed by atoms with Gasteiger partial charge >= 0.3 is 12.1 Å². The number of piperidine rings is 1. The molecule has 1 aliphatic rings. The summed E-state index contributed by atoms with van der Waals surface area (Å²) in [4.78, 5) is 24.3. The van der Waals surface area contributed by atoms with Crippen molar-refractivity contribution < 1.29 is 19.4 Å². The summed E-state index contributed by atoms with van der Waals surface area (Å²) in [6, 6.07) is -0.107. The van der Waals surface area contributed by atoms with Gasteiger partial charge in [-0.3, -0.25) is 4.79 Å². The summed E-state index contributed by atoms with van der Waals surface area (Å²) in [7, 11) is 0. The molecule has 1 amide bonds. The molecule has 0 aliphatic carbocycles. The van der Waals surface area contributed by atoms with Crippen molar-refractivity contribution in [3.05, 3.63) is 12.7 Å². The Balaban J connectivity index is 2.63. The molecule has 0 aromatic rings. The van der Waals surface area contributed by atoms with Gasteiger partial charge in [-0.2, -0.15) is 0 Å². The van der Waals surface area contributed by atoms with Crippen molar-refractivity contribution in [1.82, 2.24) is 4.90 Å². The number of amides is 1. The van der Waals surface area contributed by atoms with E-state index in [0.29, 0.717) is 13.0 Å². The van der Waals surface area contributed by atoms with E-state index < -0.39 is 12.1 Å². The van der Waals surface area contributed by atoms with E-state index in [2.05, 4.69) is 6.58 Å². The summed E-state index contributed by atoms with van der Waals surface area (Å²) in [5.41, 5.74) is 0. The molecule has 0 aromatic carbocycles. The molecular formula is C12H19NO4. The zero-order valence-corrected chi connectivity index (χ0v) is 10.3. The van der Waals surface area contributed by atoms with Crippen molar-refractivity contribution in [1.29, 1.82) is 0 Å². The van der Waals surface area contributed by atoms with Crippen LogP contribution in [0.4, 0.5) is 4.79 Å². The molecule has 96 valence electrons. The molecule has 17 heavy (non-hydrogen) atoms. The van der Waals surface area contributed by atoms with Crippen LogP contribution in [0.3, 0.4) is 0 Å². The number of carboxylic acids is 1. The summed E-state index contributed by atoms with van der Waals surface area (Å²) in [6.07, 6.45) is 1.59. The van der Waals surface area contributed by atoms with Gasteiger partial charge in [0.05, 0.1) is 5.92 Å². The lowest BCUT2D eigenvalue weighted by molar-refractivity contribution is -0.146. The summed E-state index contributed by atoms with van der Waals surface area (Å²) in [5.74, 6) is -1.23. The van der Waals surface area contributed by atoms with E-state index in [-0.39, 0.29) is 24.5 Å². The topological polar surface area (TPSA) is 66.8 Å². The van der Waals surface area contributed by atoms with Crippen LogP contribution < -0.4 is 0 Å². The Morgan fingerprint density at radius 3 is 2.71 bits per heavy atom. The quantitative estimate of drug-likeness (QED) is 0.764. The minimum Gasteiger partial charge on any atom is -0.481 e. The minimum atomic E-state index is -0.788. The van der Waals surface area contributed by atoms with Gasteiger partial charge in [0.25, 0.3) is 0 Å². The zero-order valence-electron chi connectivity index (χ0n) is 10.3. The predicted octanol–water partition coefficient (Wildman–Crippen LogP) is 1.74. The van der Waals surface area contributed by atoms with E-state index in [4.69, 9.17) is 9.84 Å². The number of hydrogen-bond acceptors (Lipinski definition) is 3. The molecule has 1 fully saturated rings. The van der Waals surface area contributed by atoms with Gasteiger partial charge in [0.2, 0.25) is 0 Å². The van der Waals surface area contributed by atoms with E-state index in [1.54, 1.807) is 4.90 Å². The average Bonchev–Trinajstić information content (AvgIpc) is 2.28. The lowest BCUT2D eigenvalue weighted by atomic mass is 9.83. The number of carboxylic acid groups (broad SMARTS) is 1. The van der Waals surface area contributed by atoms with E-state index in [0.717, 1.165) is 0 Å². The van der Waals surface area contributed by atoms with E-state index in [1.807, 2.05) is 13.8 Å². The van der Waals surface area contributed by atoms with Gasteiger partial charge in [-0.15, -0.1) is 0 Å². The third-order valence-electron chi connectivity index (χ3n) is 3.18. The molecule has 1 heterocycles. The van der Waals surface area contributed by atoms with Crippen molar-refractivity contribution in [2.24, 2.45) is 11.8 Å². The molecule has 5 nitrogen and oxygen atoms in total. The van der Waals surface area contributed by atoms with Crippen LogP contribution in [0.25, 0.3) is 0 Å². The number of carbonyl (C=O) groups is 2. The molecule has 0 saturated carbocycles. The molecule has 1 aliphatic heterocycles. The van der Waals surface area contributed by atoms with Gasteiger partial charge in [-0.05, 0) is 19.3 Å². The molecule has 1 rings (SSSR count). The fraction of sp³-hybridized carbons (Fsp3) is 0.667. The second kappa shape index (κ2) is 5.70. The Morgan fingerprint density at radius 2 is 2.18 bits per heavy atom. The van der Waals surface area contributed by atoms with Gasteiger partial charge in [0, 0.05) is 12.6 Å². The Morgan fingerprint density at radius 1 is 1.53 bits per heavy atom. The second-order valence-electron chi connectivity index (χ2n) is 4.52. The maximum absolute atomic E-state index is 11.7. The lowest BCUT2D eigenvalue weighted by Gasteiger charge is -2.39. The van der Waals surface area contributed by atoms with Gasteiger partial charge in [-0.25, -0.2) is 4.79 Å². The first kappa shape index (κ1) is 13.5. The minimum absolute atomic E-state index is 0.0556. The fourth-order valence-electron chi connectivity index (χ4n) is 2.16. The molecule has 1 N–H and O–H groups in total. The molecular weight excluding hydrogens is 222 g/mol. The highest BCUT2D eigenvalue weighted by Gasteiger charge is 2.37. The smallest absolute Gasteiger partial charge is 0.410 e. The number of aliphatic carboxylic acids is 1. The summed E-state index contributed by atoms with van der Waals surface area (Å²) in [6.45, 7) is 7.77. The largest absolute Gasteiger partial charge is 0.481 e. The van der Waals surface area contributed by atoms with E-state index in [9.17, 15) is 9.59 Å². The molecule has 5 heteroatoms. The van der Waals surface area contributed by atoms with Crippen LogP contribution in [0, 0.1) is 11.8 Å². The van der Waals surface area contributed by atoms with Crippen LogP contribution in [-0.2, 0) is 9.53 Å². The Labute approximate surface area is 101 Å². The summed E-state index contributed by atoms with van der Waals surface area (Å²) < 4.78 is 4.97. The third-order valence-corrected chi connectivity index (χ3v) is 3.18. The molecule has 0 aromatic heterocycles. The number of ether oxygens (including phenoxy) is 1. The van der Waals surface area contributed by atoms with Crippen molar-refractivity contribution in [3.63, 3.8) is 0 Å². The van der Waals surface area contributed by atoms with Crippen LogP contribution in [0.15, 0.2) is 12.7 Å². The van der Waals surface area contributed by atoms with Crippen LogP contribution in [0.2, 0.25) is 0 Å². The summed E-state index contributed by atoms with van der Waals surface area (Å²) >= 11 is 0. The van der Waals surface area contributed by atoms with Crippen LogP contribution in [-0.4, -0.2) is 41.3 Å². The van der Waals surface area contributed by atoms with Crippen molar-refractivity contribution in [2.45, 2.75) is 26.3 Å². The Kier molecular flexibility index (Phi) is 4.54. The number of carbonyl (C=O) groups excluding carboxylic acids is 1. The molecule has 3 atom stereocenters. The first-order valence-corrected chi connectivity index (χ1v) is 5.74. The predicted molar refractivity (Wildman–Crippen MR) is 62.6 cm³/mol. The molecule has 0 bridgehead atoms. The van der Waals surface area contributed by atoms with E-state index >= 15 is 0 Å². The SMILES string of the molecule is C=CCOC(=O)N1C[C@@H](C)[C@@H](C(=O)O)C[C@H]1C. The maximum atomic E-state index is 11.7.